The molecule has 8 heteroatoms. The SMILES string of the molecule is COc1ccc(NS(C)(=O)=O)cc1C(=O)NC1CCN(C2CCCCC2)C1. The Morgan fingerprint density at radius 2 is 1.93 bits per heavy atom. The van der Waals surface area contributed by atoms with E-state index in [9.17, 15) is 13.2 Å². The second kappa shape index (κ2) is 8.48. The quantitative estimate of drug-likeness (QED) is 0.771. The predicted molar refractivity (Wildman–Crippen MR) is 106 cm³/mol. The Morgan fingerprint density at radius 3 is 2.59 bits per heavy atom. The Bertz CT molecular complexity index is 775. The number of benzene rings is 1. The number of carbonyl (C=O) groups is 1. The van der Waals surface area contributed by atoms with E-state index in [4.69, 9.17) is 4.74 Å². The van der Waals surface area contributed by atoms with Crippen molar-refractivity contribution in [2.75, 3.05) is 31.2 Å². The normalized spacial score (nSPS) is 21.8. The molecule has 1 aliphatic carbocycles. The van der Waals surface area contributed by atoms with Crippen LogP contribution in [0, 0.1) is 0 Å². The summed E-state index contributed by atoms with van der Waals surface area (Å²) in [5, 5.41) is 3.09. The van der Waals surface area contributed by atoms with Crippen LogP contribution in [-0.2, 0) is 10.0 Å². The molecule has 7 nitrogen and oxygen atoms in total. The number of hydrogen-bond donors (Lipinski definition) is 2. The van der Waals surface area contributed by atoms with Crippen LogP contribution in [0.3, 0.4) is 0 Å². The van der Waals surface area contributed by atoms with Crippen LogP contribution in [-0.4, -0.2) is 57.8 Å². The van der Waals surface area contributed by atoms with Gasteiger partial charge in [0.2, 0.25) is 10.0 Å². The Hall–Kier alpha value is -1.80. The minimum atomic E-state index is -3.41. The van der Waals surface area contributed by atoms with Crippen LogP contribution in [0.1, 0.15) is 48.9 Å². The number of methoxy groups -OCH3 is 1. The van der Waals surface area contributed by atoms with Crippen molar-refractivity contribution in [3.8, 4) is 5.75 Å². The summed E-state index contributed by atoms with van der Waals surface area (Å²) in [4.78, 5) is 15.3. The number of hydrogen-bond acceptors (Lipinski definition) is 5. The molecule has 1 saturated carbocycles. The fourth-order valence-electron chi connectivity index (χ4n) is 4.11. The number of rotatable bonds is 6. The van der Waals surface area contributed by atoms with Crippen molar-refractivity contribution >= 4 is 21.6 Å². The number of amides is 1. The fraction of sp³-hybridized carbons (Fsp3) is 0.632. The number of carbonyl (C=O) groups excluding carboxylic acids is 1. The van der Waals surface area contributed by atoms with Crippen LogP contribution in [0.25, 0.3) is 0 Å². The van der Waals surface area contributed by atoms with Crippen LogP contribution in [0.5, 0.6) is 5.75 Å². The third kappa shape index (κ3) is 5.35. The standard InChI is InChI=1S/C19H29N3O4S/c1-26-18-9-8-14(21-27(2,24)25)12-17(18)19(23)20-15-10-11-22(13-15)16-6-4-3-5-7-16/h8-9,12,15-16,21H,3-7,10-11,13H2,1-2H3,(H,20,23). The van der Waals surface area contributed by atoms with Gasteiger partial charge in [-0.1, -0.05) is 19.3 Å². The highest BCUT2D eigenvalue weighted by atomic mass is 32.2. The minimum absolute atomic E-state index is 0.107. The van der Waals surface area contributed by atoms with Gasteiger partial charge in [0.05, 0.1) is 18.9 Å². The van der Waals surface area contributed by atoms with Crippen LogP contribution in [0.2, 0.25) is 0 Å². The molecule has 0 radical (unpaired) electrons. The second-order valence-corrected chi connectivity index (χ2v) is 9.28. The summed E-state index contributed by atoms with van der Waals surface area (Å²) in [6.07, 6.45) is 8.47. The van der Waals surface area contributed by atoms with Crippen molar-refractivity contribution in [1.29, 1.82) is 0 Å². The Balaban J connectivity index is 1.65. The van der Waals surface area contributed by atoms with E-state index in [1.807, 2.05) is 0 Å². The summed E-state index contributed by atoms with van der Waals surface area (Å²) in [5.74, 6) is 0.188. The van der Waals surface area contributed by atoms with Gasteiger partial charge in [-0.25, -0.2) is 8.42 Å². The zero-order valence-corrected chi connectivity index (χ0v) is 16.8. The van der Waals surface area contributed by atoms with E-state index < -0.39 is 10.0 Å². The average Bonchev–Trinajstić information content (AvgIpc) is 3.09. The van der Waals surface area contributed by atoms with E-state index in [0.717, 1.165) is 25.8 Å². The summed E-state index contributed by atoms with van der Waals surface area (Å²) in [6, 6.07) is 5.46. The number of likely N-dealkylation sites (tertiary alicyclic amines) is 1. The van der Waals surface area contributed by atoms with E-state index in [1.54, 1.807) is 12.1 Å². The highest BCUT2D eigenvalue weighted by Crippen LogP contribution is 2.27. The van der Waals surface area contributed by atoms with Gasteiger partial charge in [-0.05, 0) is 37.5 Å². The average molecular weight is 396 g/mol. The van der Waals surface area contributed by atoms with Crippen LogP contribution in [0.15, 0.2) is 18.2 Å². The van der Waals surface area contributed by atoms with Gasteiger partial charge in [0.1, 0.15) is 5.75 Å². The summed E-state index contributed by atoms with van der Waals surface area (Å²) < 4.78 is 30.6. The Labute approximate surface area is 161 Å². The monoisotopic (exact) mass is 395 g/mol. The van der Waals surface area contributed by atoms with Gasteiger partial charge in [0, 0.05) is 30.9 Å². The van der Waals surface area contributed by atoms with Gasteiger partial charge in [-0.3, -0.25) is 14.4 Å². The van der Waals surface area contributed by atoms with Crippen LogP contribution in [0.4, 0.5) is 5.69 Å². The van der Waals surface area contributed by atoms with Gasteiger partial charge in [-0.15, -0.1) is 0 Å². The van der Waals surface area contributed by atoms with Crippen molar-refractivity contribution in [3.63, 3.8) is 0 Å². The molecule has 1 aliphatic heterocycles. The van der Waals surface area contributed by atoms with Crippen molar-refractivity contribution < 1.29 is 17.9 Å². The molecular weight excluding hydrogens is 366 g/mol. The molecular formula is C19H29N3O4S. The molecule has 150 valence electrons. The maximum absolute atomic E-state index is 12.8. The first-order chi connectivity index (χ1) is 12.9. The molecule has 3 rings (SSSR count). The van der Waals surface area contributed by atoms with E-state index in [0.29, 0.717) is 23.0 Å². The van der Waals surface area contributed by atoms with Crippen LogP contribution >= 0.6 is 0 Å². The molecule has 1 saturated heterocycles. The van der Waals surface area contributed by atoms with E-state index in [-0.39, 0.29) is 11.9 Å². The molecule has 1 amide bonds. The molecule has 0 bridgehead atoms. The van der Waals surface area contributed by atoms with Gasteiger partial charge < -0.3 is 10.1 Å². The Kier molecular flexibility index (Phi) is 6.26. The highest BCUT2D eigenvalue weighted by molar-refractivity contribution is 7.92. The van der Waals surface area contributed by atoms with Crippen molar-refractivity contribution in [1.82, 2.24) is 10.2 Å². The lowest BCUT2D eigenvalue weighted by Crippen LogP contribution is -2.40. The summed E-state index contributed by atoms with van der Waals surface area (Å²) in [5.41, 5.74) is 0.681. The van der Waals surface area contributed by atoms with Gasteiger partial charge in [0.15, 0.2) is 0 Å². The molecule has 27 heavy (non-hydrogen) atoms. The molecule has 2 aliphatic rings. The van der Waals surface area contributed by atoms with E-state index in [2.05, 4.69) is 14.9 Å². The van der Waals surface area contributed by atoms with Crippen LogP contribution < -0.4 is 14.8 Å². The van der Waals surface area contributed by atoms with Gasteiger partial charge in [0.25, 0.3) is 5.91 Å². The zero-order valence-electron chi connectivity index (χ0n) is 16.0. The topological polar surface area (TPSA) is 87.7 Å². The summed E-state index contributed by atoms with van der Waals surface area (Å²) in [7, 11) is -1.91. The minimum Gasteiger partial charge on any atom is -0.496 e. The highest BCUT2D eigenvalue weighted by Gasteiger charge is 2.30. The molecule has 1 heterocycles. The number of nitrogens with one attached hydrogen (secondary N) is 2. The zero-order chi connectivity index (χ0) is 19.4. The molecule has 1 aromatic rings. The predicted octanol–water partition coefficient (Wildman–Crippen LogP) is 2.20. The van der Waals surface area contributed by atoms with E-state index >= 15 is 0 Å². The van der Waals surface area contributed by atoms with E-state index in [1.165, 1.54) is 45.3 Å². The van der Waals surface area contributed by atoms with Gasteiger partial charge >= 0.3 is 0 Å². The lowest BCUT2D eigenvalue weighted by molar-refractivity contribution is 0.0931. The van der Waals surface area contributed by atoms with Crippen molar-refractivity contribution in [2.45, 2.75) is 50.6 Å². The molecule has 0 aromatic heterocycles. The largest absolute Gasteiger partial charge is 0.496 e. The molecule has 1 atom stereocenters. The summed E-state index contributed by atoms with van der Waals surface area (Å²) in [6.45, 7) is 1.89. The maximum Gasteiger partial charge on any atom is 0.255 e. The smallest absolute Gasteiger partial charge is 0.255 e. The number of nitrogens with zero attached hydrogens (tertiary/aromatic N) is 1. The lowest BCUT2D eigenvalue weighted by Gasteiger charge is -2.31. The van der Waals surface area contributed by atoms with Crippen molar-refractivity contribution in [3.05, 3.63) is 23.8 Å². The number of ether oxygens (including phenoxy) is 1. The Morgan fingerprint density at radius 1 is 1.19 bits per heavy atom. The molecule has 2 N–H and O–H groups in total. The second-order valence-electron chi connectivity index (χ2n) is 7.54. The first-order valence-electron chi connectivity index (χ1n) is 9.56. The molecule has 2 fully saturated rings. The lowest BCUT2D eigenvalue weighted by atomic mass is 9.94. The summed E-state index contributed by atoms with van der Waals surface area (Å²) >= 11 is 0. The first kappa shape index (κ1) is 19.9. The van der Waals surface area contributed by atoms with Gasteiger partial charge in [-0.2, -0.15) is 0 Å². The molecule has 0 spiro atoms. The number of sulfonamides is 1. The maximum atomic E-state index is 12.8. The third-order valence-corrected chi connectivity index (χ3v) is 6.00. The third-order valence-electron chi connectivity index (χ3n) is 5.39. The molecule has 1 aromatic carbocycles. The number of anilines is 1. The fourth-order valence-corrected chi connectivity index (χ4v) is 4.66. The first-order valence-corrected chi connectivity index (χ1v) is 11.5. The van der Waals surface area contributed by atoms with Crippen molar-refractivity contribution in [2.24, 2.45) is 0 Å². The molecule has 1 unspecified atom stereocenters.